The van der Waals surface area contributed by atoms with Crippen molar-refractivity contribution in [1.29, 1.82) is 0 Å². The highest BCUT2D eigenvalue weighted by molar-refractivity contribution is 7.80. The van der Waals surface area contributed by atoms with Crippen molar-refractivity contribution in [3.8, 4) is 0 Å². The lowest BCUT2D eigenvalue weighted by Crippen LogP contribution is -2.31. The van der Waals surface area contributed by atoms with Gasteiger partial charge in [0, 0.05) is 6.54 Å². The molecular weight excluding hydrogens is 210 g/mol. The van der Waals surface area contributed by atoms with E-state index in [1.54, 1.807) is 12.3 Å². The van der Waals surface area contributed by atoms with Gasteiger partial charge in [0.25, 0.3) is 0 Å². The van der Waals surface area contributed by atoms with E-state index in [2.05, 4.69) is 22.4 Å². The number of rotatable bonds is 4. The Morgan fingerprint density at radius 2 is 2.47 bits per heavy atom. The second-order valence-electron chi connectivity index (χ2n) is 2.82. The second-order valence-corrected chi connectivity index (χ2v) is 3.23. The van der Waals surface area contributed by atoms with E-state index in [0.29, 0.717) is 17.4 Å². The molecule has 0 unspecified atom stereocenters. The Hall–Kier alpha value is -1.62. The summed E-state index contributed by atoms with van der Waals surface area (Å²) in [5.41, 5.74) is 2.66. The number of nitrogens with zero attached hydrogens (tertiary/aromatic N) is 1. The molecule has 15 heavy (non-hydrogen) atoms. The summed E-state index contributed by atoms with van der Waals surface area (Å²) in [4.78, 5) is 0. The Labute approximate surface area is 94.0 Å². The molecule has 0 saturated heterocycles. The lowest BCUT2D eigenvalue weighted by molar-refractivity contribution is 0.527. The highest BCUT2D eigenvalue weighted by Gasteiger charge is 1.93. The van der Waals surface area contributed by atoms with Crippen LogP contribution in [0.3, 0.4) is 0 Å². The van der Waals surface area contributed by atoms with Crippen LogP contribution in [-0.2, 0) is 0 Å². The van der Waals surface area contributed by atoms with Crippen LogP contribution in [0, 0.1) is 6.92 Å². The van der Waals surface area contributed by atoms with Gasteiger partial charge in [-0.3, -0.25) is 5.43 Å². The number of aryl methyl sites for hydroxylation is 1. The summed E-state index contributed by atoms with van der Waals surface area (Å²) < 4.78 is 5.28. The molecule has 5 heteroatoms. The van der Waals surface area contributed by atoms with E-state index in [0.717, 1.165) is 5.76 Å². The molecule has 0 aliphatic carbocycles. The van der Waals surface area contributed by atoms with Gasteiger partial charge in [-0.1, -0.05) is 6.08 Å². The van der Waals surface area contributed by atoms with Crippen molar-refractivity contribution in [3.63, 3.8) is 0 Å². The quantitative estimate of drug-likeness (QED) is 0.352. The van der Waals surface area contributed by atoms with Crippen LogP contribution in [0.15, 0.2) is 34.3 Å². The van der Waals surface area contributed by atoms with Crippen molar-refractivity contribution in [2.24, 2.45) is 5.10 Å². The van der Waals surface area contributed by atoms with Crippen LogP contribution in [-0.4, -0.2) is 17.9 Å². The van der Waals surface area contributed by atoms with Crippen LogP contribution in [0.25, 0.3) is 0 Å². The average molecular weight is 223 g/mol. The van der Waals surface area contributed by atoms with Crippen molar-refractivity contribution in [1.82, 2.24) is 10.7 Å². The Morgan fingerprint density at radius 3 is 3.07 bits per heavy atom. The molecule has 1 aromatic heterocycles. The first-order chi connectivity index (χ1) is 7.22. The van der Waals surface area contributed by atoms with Gasteiger partial charge in [-0.15, -0.1) is 6.58 Å². The van der Waals surface area contributed by atoms with Crippen molar-refractivity contribution in [2.75, 3.05) is 6.54 Å². The third-order valence-electron chi connectivity index (χ3n) is 1.53. The fourth-order valence-electron chi connectivity index (χ4n) is 0.882. The smallest absolute Gasteiger partial charge is 0.187 e. The largest absolute Gasteiger partial charge is 0.460 e. The van der Waals surface area contributed by atoms with Gasteiger partial charge in [0.05, 0.1) is 6.21 Å². The summed E-state index contributed by atoms with van der Waals surface area (Å²) in [5.74, 6) is 1.54. The predicted octanol–water partition coefficient (Wildman–Crippen LogP) is 1.57. The second kappa shape index (κ2) is 5.98. The number of furan rings is 1. The molecule has 1 rings (SSSR count). The van der Waals surface area contributed by atoms with Crippen molar-refractivity contribution < 1.29 is 4.42 Å². The van der Waals surface area contributed by atoms with Gasteiger partial charge in [0.1, 0.15) is 11.5 Å². The number of thiocarbonyl (C=S) groups is 1. The summed E-state index contributed by atoms with van der Waals surface area (Å²) in [6.07, 6.45) is 3.28. The number of hydrogen-bond acceptors (Lipinski definition) is 3. The van der Waals surface area contributed by atoms with Crippen LogP contribution >= 0.6 is 12.2 Å². The lowest BCUT2D eigenvalue weighted by atomic mass is 10.4. The minimum Gasteiger partial charge on any atom is -0.460 e. The van der Waals surface area contributed by atoms with Gasteiger partial charge in [-0.2, -0.15) is 5.10 Å². The van der Waals surface area contributed by atoms with Gasteiger partial charge in [0.2, 0.25) is 0 Å². The molecule has 0 saturated carbocycles. The normalized spacial score (nSPS) is 10.2. The minimum absolute atomic E-state index is 0.453. The fourth-order valence-corrected chi connectivity index (χ4v) is 1.02. The van der Waals surface area contributed by atoms with E-state index in [1.165, 1.54) is 0 Å². The molecule has 1 heterocycles. The van der Waals surface area contributed by atoms with E-state index < -0.39 is 0 Å². The predicted molar refractivity (Wildman–Crippen MR) is 65.0 cm³/mol. The first kappa shape index (κ1) is 11.5. The molecule has 0 aliphatic heterocycles. The van der Waals surface area contributed by atoms with Gasteiger partial charge < -0.3 is 9.73 Å². The average Bonchev–Trinajstić information content (AvgIpc) is 2.61. The molecule has 0 fully saturated rings. The third-order valence-corrected chi connectivity index (χ3v) is 1.76. The molecule has 0 amide bonds. The van der Waals surface area contributed by atoms with Gasteiger partial charge in [-0.05, 0) is 31.3 Å². The number of hydrogen-bond donors (Lipinski definition) is 2. The monoisotopic (exact) mass is 223 g/mol. The Balaban J connectivity index is 2.33. The first-order valence-corrected chi connectivity index (χ1v) is 4.87. The number of hydrazone groups is 1. The van der Waals surface area contributed by atoms with Crippen LogP contribution in [0.4, 0.5) is 0 Å². The highest BCUT2D eigenvalue weighted by Crippen LogP contribution is 2.02. The molecule has 0 aliphatic rings. The molecule has 2 N–H and O–H groups in total. The maximum Gasteiger partial charge on any atom is 0.187 e. The molecular formula is C10H13N3OS. The summed E-state index contributed by atoms with van der Waals surface area (Å²) in [7, 11) is 0. The van der Waals surface area contributed by atoms with E-state index in [1.807, 2.05) is 19.1 Å². The van der Waals surface area contributed by atoms with Crippen molar-refractivity contribution in [3.05, 3.63) is 36.3 Å². The molecule has 0 atom stereocenters. The van der Waals surface area contributed by atoms with Crippen molar-refractivity contribution >= 4 is 23.5 Å². The summed E-state index contributed by atoms with van der Waals surface area (Å²) >= 11 is 4.93. The third kappa shape index (κ3) is 4.42. The van der Waals surface area contributed by atoms with Crippen LogP contribution < -0.4 is 10.7 Å². The maximum absolute atomic E-state index is 5.28. The zero-order valence-corrected chi connectivity index (χ0v) is 9.30. The molecule has 0 bridgehead atoms. The standard InChI is InChI=1S/C10H13N3OS/c1-3-6-11-10(15)13-12-7-9-5-4-8(2)14-9/h3-5,7H,1,6H2,2H3,(H2,11,13,15)/b12-7+. The summed E-state index contributed by atoms with van der Waals surface area (Å²) in [5, 5.41) is 7.24. The molecule has 0 radical (unpaired) electrons. The van der Waals surface area contributed by atoms with E-state index >= 15 is 0 Å². The highest BCUT2D eigenvalue weighted by atomic mass is 32.1. The Kier molecular flexibility index (Phi) is 4.56. The Morgan fingerprint density at radius 1 is 1.67 bits per heavy atom. The van der Waals surface area contributed by atoms with E-state index in [9.17, 15) is 0 Å². The molecule has 80 valence electrons. The van der Waals surface area contributed by atoms with E-state index in [-0.39, 0.29) is 0 Å². The Bertz CT molecular complexity index is 370. The summed E-state index contributed by atoms with van der Waals surface area (Å²) in [6, 6.07) is 3.70. The zero-order chi connectivity index (χ0) is 11.1. The van der Waals surface area contributed by atoms with Gasteiger partial charge in [-0.25, -0.2) is 0 Å². The van der Waals surface area contributed by atoms with Crippen LogP contribution in [0.2, 0.25) is 0 Å². The van der Waals surface area contributed by atoms with E-state index in [4.69, 9.17) is 16.6 Å². The van der Waals surface area contributed by atoms with Crippen LogP contribution in [0.5, 0.6) is 0 Å². The molecule has 0 spiro atoms. The molecule has 1 aromatic rings. The van der Waals surface area contributed by atoms with Gasteiger partial charge >= 0.3 is 0 Å². The van der Waals surface area contributed by atoms with Crippen molar-refractivity contribution in [2.45, 2.75) is 6.92 Å². The van der Waals surface area contributed by atoms with Crippen LogP contribution in [0.1, 0.15) is 11.5 Å². The number of nitrogens with one attached hydrogen (secondary N) is 2. The first-order valence-electron chi connectivity index (χ1n) is 4.46. The topological polar surface area (TPSA) is 49.6 Å². The molecule has 0 aromatic carbocycles. The van der Waals surface area contributed by atoms with Gasteiger partial charge in [0.15, 0.2) is 5.11 Å². The lowest BCUT2D eigenvalue weighted by Gasteiger charge is -2.02. The SMILES string of the molecule is C=CCNC(=S)N/N=C/c1ccc(C)o1. The maximum atomic E-state index is 5.28. The molecule has 4 nitrogen and oxygen atoms in total. The minimum atomic E-state index is 0.453. The summed E-state index contributed by atoms with van der Waals surface area (Å²) in [6.45, 7) is 6.05. The zero-order valence-electron chi connectivity index (χ0n) is 8.49. The fraction of sp³-hybridized carbons (Fsp3) is 0.200.